The highest BCUT2D eigenvalue weighted by atomic mass is 15.3. The Kier molecular flexibility index (Phi) is 2.04. The van der Waals surface area contributed by atoms with E-state index >= 15 is 0 Å². The van der Waals surface area contributed by atoms with Gasteiger partial charge in [-0.1, -0.05) is 0 Å². The van der Waals surface area contributed by atoms with Crippen molar-refractivity contribution in [2.24, 2.45) is 5.41 Å². The first-order valence-corrected chi connectivity index (χ1v) is 5.72. The Morgan fingerprint density at radius 3 is 3.12 bits per heavy atom. The maximum atomic E-state index is 5.69. The number of aromatic nitrogens is 2. The normalized spacial score (nSPS) is 31.6. The Hall–Kier alpha value is -1.36. The van der Waals surface area contributed by atoms with Gasteiger partial charge in [-0.05, 0) is 26.0 Å². The molecule has 0 atom stereocenters. The molecule has 3 aliphatic rings. The summed E-state index contributed by atoms with van der Waals surface area (Å²) in [7, 11) is 2.02. The van der Waals surface area contributed by atoms with E-state index in [1.54, 1.807) is 12.3 Å². The van der Waals surface area contributed by atoms with E-state index in [1.165, 1.54) is 12.8 Å². The molecular formula is C11H17N5. The van der Waals surface area contributed by atoms with Gasteiger partial charge in [-0.2, -0.15) is 4.98 Å². The first-order valence-electron chi connectivity index (χ1n) is 5.72. The Morgan fingerprint density at radius 2 is 2.44 bits per heavy atom. The van der Waals surface area contributed by atoms with Gasteiger partial charge in [0.05, 0.1) is 0 Å². The topological polar surface area (TPSA) is 67.1 Å². The van der Waals surface area contributed by atoms with Gasteiger partial charge < -0.3 is 16.0 Å². The molecular weight excluding hydrogens is 202 g/mol. The van der Waals surface area contributed by atoms with Gasteiger partial charge in [0.2, 0.25) is 5.95 Å². The van der Waals surface area contributed by atoms with Gasteiger partial charge in [-0.3, -0.25) is 0 Å². The number of anilines is 2. The summed E-state index contributed by atoms with van der Waals surface area (Å²) >= 11 is 0. The lowest BCUT2D eigenvalue weighted by atomic mass is 9.70. The third kappa shape index (κ3) is 1.35. The lowest BCUT2D eigenvalue weighted by Gasteiger charge is -2.36. The molecule has 0 amide bonds. The Morgan fingerprint density at radius 1 is 1.62 bits per heavy atom. The number of nitrogens with two attached hydrogens (primary N) is 1. The molecule has 5 nitrogen and oxygen atoms in total. The van der Waals surface area contributed by atoms with Crippen molar-refractivity contribution >= 4 is 11.8 Å². The zero-order chi connectivity index (χ0) is 11.2. The van der Waals surface area contributed by atoms with Crippen LogP contribution < -0.4 is 16.0 Å². The molecule has 2 aliphatic heterocycles. The molecule has 2 bridgehead atoms. The summed E-state index contributed by atoms with van der Waals surface area (Å²) in [6.45, 7) is 2.14. The van der Waals surface area contributed by atoms with Crippen LogP contribution in [0, 0.1) is 5.41 Å². The Balaban J connectivity index is 1.79. The molecule has 1 aromatic heterocycles. The zero-order valence-corrected chi connectivity index (χ0v) is 9.48. The molecule has 0 aromatic carbocycles. The fraction of sp³-hybridized carbons (Fsp3) is 0.636. The second-order valence-corrected chi connectivity index (χ2v) is 5.00. The van der Waals surface area contributed by atoms with Crippen LogP contribution in [0.1, 0.15) is 12.8 Å². The minimum atomic E-state index is 0.452. The van der Waals surface area contributed by atoms with Crippen molar-refractivity contribution in [3.05, 3.63) is 12.3 Å². The molecule has 3 fully saturated rings. The number of rotatable bonds is 3. The first-order chi connectivity index (χ1) is 7.72. The van der Waals surface area contributed by atoms with Crippen LogP contribution in [-0.4, -0.2) is 36.1 Å². The van der Waals surface area contributed by atoms with Crippen molar-refractivity contribution in [3.63, 3.8) is 0 Å². The number of hydrogen-bond donors (Lipinski definition) is 2. The second-order valence-electron chi connectivity index (χ2n) is 5.00. The molecule has 3 N–H and O–H groups in total. The zero-order valence-electron chi connectivity index (χ0n) is 9.48. The average Bonchev–Trinajstić information content (AvgIpc) is 2.73. The predicted octanol–water partition coefficient (Wildman–Crippen LogP) is 0.247. The largest absolute Gasteiger partial charge is 0.384 e. The number of nitrogens with one attached hydrogen (secondary N) is 1. The van der Waals surface area contributed by atoms with Crippen molar-refractivity contribution in [1.82, 2.24) is 15.3 Å². The maximum absolute atomic E-state index is 5.69. The Labute approximate surface area is 95.1 Å². The quantitative estimate of drug-likeness (QED) is 0.762. The molecule has 16 heavy (non-hydrogen) atoms. The lowest BCUT2D eigenvalue weighted by Crippen LogP contribution is -2.41. The summed E-state index contributed by atoms with van der Waals surface area (Å²) < 4.78 is 0. The molecule has 86 valence electrons. The first kappa shape index (κ1) is 9.84. The fourth-order valence-corrected chi connectivity index (χ4v) is 3.09. The van der Waals surface area contributed by atoms with Crippen molar-refractivity contribution in [2.75, 3.05) is 30.8 Å². The number of nitrogen functional groups attached to an aromatic ring is 1. The third-order valence-electron chi connectivity index (χ3n) is 3.76. The van der Waals surface area contributed by atoms with Crippen molar-refractivity contribution in [3.8, 4) is 0 Å². The highest BCUT2D eigenvalue weighted by Crippen LogP contribution is 2.52. The fourth-order valence-electron chi connectivity index (χ4n) is 3.09. The van der Waals surface area contributed by atoms with Crippen LogP contribution in [0.15, 0.2) is 12.3 Å². The molecule has 1 saturated carbocycles. The average molecular weight is 219 g/mol. The molecule has 5 heteroatoms. The van der Waals surface area contributed by atoms with Crippen LogP contribution >= 0.6 is 0 Å². The van der Waals surface area contributed by atoms with Crippen LogP contribution in [0.3, 0.4) is 0 Å². The summed E-state index contributed by atoms with van der Waals surface area (Å²) in [6, 6.07) is 2.35. The van der Waals surface area contributed by atoms with Crippen LogP contribution in [0.5, 0.6) is 0 Å². The van der Waals surface area contributed by atoms with E-state index in [0.29, 0.717) is 17.3 Å². The van der Waals surface area contributed by atoms with E-state index in [-0.39, 0.29) is 0 Å². The van der Waals surface area contributed by atoms with Crippen LogP contribution in [0.2, 0.25) is 0 Å². The summed E-state index contributed by atoms with van der Waals surface area (Å²) in [5.74, 6) is 1.34. The summed E-state index contributed by atoms with van der Waals surface area (Å²) in [5, 5.41) is 3.28. The van der Waals surface area contributed by atoms with Crippen LogP contribution in [-0.2, 0) is 0 Å². The summed E-state index contributed by atoms with van der Waals surface area (Å²) in [6.07, 6.45) is 4.25. The lowest BCUT2D eigenvalue weighted by molar-refractivity contribution is 0.196. The number of hydrogen-bond acceptors (Lipinski definition) is 5. The second kappa shape index (κ2) is 3.31. The highest BCUT2D eigenvalue weighted by Gasteiger charge is 2.55. The van der Waals surface area contributed by atoms with Crippen molar-refractivity contribution in [1.29, 1.82) is 0 Å². The van der Waals surface area contributed by atoms with E-state index in [4.69, 9.17) is 5.73 Å². The summed E-state index contributed by atoms with van der Waals surface area (Å²) in [5.41, 5.74) is 6.14. The van der Waals surface area contributed by atoms with E-state index < -0.39 is 0 Å². The van der Waals surface area contributed by atoms with Gasteiger partial charge in [0.25, 0.3) is 0 Å². The predicted molar refractivity (Wildman–Crippen MR) is 63.2 cm³/mol. The number of fused-ring (bicyclic) bond motifs is 1. The van der Waals surface area contributed by atoms with E-state index in [9.17, 15) is 0 Å². The van der Waals surface area contributed by atoms with Gasteiger partial charge in [0.15, 0.2) is 0 Å². The molecule has 1 aromatic rings. The van der Waals surface area contributed by atoms with Gasteiger partial charge in [-0.25, -0.2) is 4.98 Å². The Bertz CT molecular complexity index is 399. The smallest absolute Gasteiger partial charge is 0.227 e. The molecule has 0 spiro atoms. The summed E-state index contributed by atoms with van der Waals surface area (Å²) in [4.78, 5) is 10.9. The molecule has 0 radical (unpaired) electrons. The molecule has 0 unspecified atom stereocenters. The SMILES string of the molecule is CNCC12CC(C1)N(c1nccc(N)n1)C2. The van der Waals surface area contributed by atoms with E-state index in [0.717, 1.165) is 19.0 Å². The highest BCUT2D eigenvalue weighted by molar-refractivity contribution is 5.43. The van der Waals surface area contributed by atoms with Crippen molar-refractivity contribution in [2.45, 2.75) is 18.9 Å². The van der Waals surface area contributed by atoms with E-state index in [2.05, 4.69) is 20.2 Å². The monoisotopic (exact) mass is 219 g/mol. The minimum absolute atomic E-state index is 0.452. The molecule has 3 heterocycles. The third-order valence-corrected chi connectivity index (χ3v) is 3.76. The molecule has 1 aliphatic carbocycles. The number of nitrogens with zero attached hydrogens (tertiary/aromatic N) is 3. The van der Waals surface area contributed by atoms with E-state index in [1.807, 2.05) is 7.05 Å². The maximum Gasteiger partial charge on any atom is 0.227 e. The van der Waals surface area contributed by atoms with Gasteiger partial charge >= 0.3 is 0 Å². The van der Waals surface area contributed by atoms with Gasteiger partial charge in [-0.15, -0.1) is 0 Å². The van der Waals surface area contributed by atoms with Crippen LogP contribution in [0.4, 0.5) is 11.8 Å². The molecule has 4 rings (SSSR count). The minimum Gasteiger partial charge on any atom is -0.384 e. The standard InChI is InChI=1S/C11H17N5/c1-13-6-11-4-8(5-11)16(7-11)10-14-3-2-9(12)15-10/h2-3,8,13H,4-7H2,1H3,(H2,12,14,15). The van der Waals surface area contributed by atoms with Gasteiger partial charge in [0.1, 0.15) is 5.82 Å². The van der Waals surface area contributed by atoms with Crippen LogP contribution in [0.25, 0.3) is 0 Å². The van der Waals surface area contributed by atoms with Crippen molar-refractivity contribution < 1.29 is 0 Å². The molecule has 2 saturated heterocycles. The van der Waals surface area contributed by atoms with Gasteiger partial charge in [0, 0.05) is 30.7 Å².